The molecule has 3 rings (SSSR count). The number of hydrogen-bond acceptors (Lipinski definition) is 5. The number of rotatable bonds is 5. The summed E-state index contributed by atoms with van der Waals surface area (Å²) in [6, 6.07) is 7.50. The van der Waals surface area contributed by atoms with Gasteiger partial charge in [0, 0.05) is 17.0 Å². The number of benzene rings is 1. The number of hydrogen-bond donors (Lipinski definition) is 1. The Morgan fingerprint density at radius 1 is 1.38 bits per heavy atom. The van der Waals surface area contributed by atoms with Crippen LogP contribution >= 0.6 is 23.4 Å². The summed E-state index contributed by atoms with van der Waals surface area (Å²) in [4.78, 5) is 8.60. The van der Waals surface area contributed by atoms with Crippen molar-refractivity contribution >= 4 is 23.4 Å². The first-order valence-electron chi connectivity index (χ1n) is 6.49. The zero-order valence-corrected chi connectivity index (χ0v) is 12.9. The second-order valence-corrected chi connectivity index (χ2v) is 5.71. The van der Waals surface area contributed by atoms with E-state index in [-0.39, 0.29) is 0 Å². The lowest BCUT2D eigenvalue weighted by molar-refractivity contribution is 0.530. The minimum Gasteiger partial charge on any atom is -0.440 e. The van der Waals surface area contributed by atoms with E-state index < -0.39 is 0 Å². The predicted molar refractivity (Wildman–Crippen MR) is 82.3 cm³/mol. The molecule has 0 bridgehead atoms. The number of aromatic nitrogens is 4. The molecule has 108 valence electrons. The summed E-state index contributed by atoms with van der Waals surface area (Å²) < 4.78 is 5.72. The van der Waals surface area contributed by atoms with E-state index >= 15 is 0 Å². The minimum absolute atomic E-state index is 0.585. The summed E-state index contributed by atoms with van der Waals surface area (Å²) in [5, 5.41) is 8.38. The van der Waals surface area contributed by atoms with E-state index in [4.69, 9.17) is 16.0 Å². The highest BCUT2D eigenvalue weighted by Gasteiger charge is 2.09. The second-order valence-electron chi connectivity index (χ2n) is 4.34. The van der Waals surface area contributed by atoms with Crippen LogP contribution in [0.4, 0.5) is 0 Å². The summed E-state index contributed by atoms with van der Waals surface area (Å²) in [5.74, 6) is 2.81. The number of aryl methyl sites for hydroxylation is 1. The highest BCUT2D eigenvalue weighted by molar-refractivity contribution is 7.98. The van der Waals surface area contributed by atoms with Gasteiger partial charge < -0.3 is 4.42 Å². The van der Waals surface area contributed by atoms with Gasteiger partial charge in [-0.25, -0.2) is 9.97 Å². The number of H-pyrrole nitrogens is 1. The Kier molecular flexibility index (Phi) is 4.26. The highest BCUT2D eigenvalue weighted by Crippen LogP contribution is 2.26. The molecule has 0 spiro atoms. The Hall–Kier alpha value is -1.79. The lowest BCUT2D eigenvalue weighted by atomic mass is 10.2. The average Bonchev–Trinajstić information content (AvgIpc) is 3.14. The molecule has 2 aromatic heterocycles. The molecule has 0 saturated carbocycles. The van der Waals surface area contributed by atoms with E-state index in [0.29, 0.717) is 27.6 Å². The van der Waals surface area contributed by atoms with Crippen molar-refractivity contribution < 1.29 is 4.42 Å². The van der Waals surface area contributed by atoms with Gasteiger partial charge in [0.15, 0.2) is 5.76 Å². The van der Waals surface area contributed by atoms with Crippen LogP contribution in [-0.4, -0.2) is 20.2 Å². The highest BCUT2D eigenvalue weighted by atomic mass is 35.5. The van der Waals surface area contributed by atoms with E-state index in [1.165, 1.54) is 11.8 Å². The Morgan fingerprint density at radius 3 is 3.05 bits per heavy atom. The minimum atomic E-state index is 0.585. The summed E-state index contributed by atoms with van der Waals surface area (Å²) in [5.41, 5.74) is 0.914. The van der Waals surface area contributed by atoms with Crippen LogP contribution < -0.4 is 0 Å². The molecule has 0 atom stereocenters. The van der Waals surface area contributed by atoms with Gasteiger partial charge >= 0.3 is 0 Å². The summed E-state index contributed by atoms with van der Waals surface area (Å²) in [6.07, 6.45) is 2.54. The van der Waals surface area contributed by atoms with Crippen LogP contribution in [0.2, 0.25) is 5.02 Å². The van der Waals surface area contributed by atoms with Gasteiger partial charge in [-0.05, 0) is 12.1 Å². The number of aromatic amines is 1. The molecular weight excluding hydrogens is 308 g/mol. The van der Waals surface area contributed by atoms with Gasteiger partial charge in [-0.1, -0.05) is 42.4 Å². The number of oxazole rings is 1. The van der Waals surface area contributed by atoms with Crippen molar-refractivity contribution in [2.24, 2.45) is 0 Å². The number of thioether (sulfide) groups is 1. The van der Waals surface area contributed by atoms with Crippen LogP contribution in [0.15, 0.2) is 40.0 Å². The number of halogens is 1. The van der Waals surface area contributed by atoms with Gasteiger partial charge in [-0.3, -0.25) is 5.10 Å². The fraction of sp³-hybridized carbons (Fsp3) is 0.214. The SMILES string of the molecule is CCc1nc(SCc2ncc(-c3cccc(Cl)c3)o2)n[nH]1. The molecular formula is C14H13ClN4OS. The average molecular weight is 321 g/mol. The molecule has 1 N–H and O–H groups in total. The normalized spacial score (nSPS) is 11.0. The fourth-order valence-electron chi connectivity index (χ4n) is 1.78. The molecule has 5 nitrogen and oxygen atoms in total. The molecule has 0 radical (unpaired) electrons. The maximum absolute atomic E-state index is 5.97. The van der Waals surface area contributed by atoms with Gasteiger partial charge in [-0.2, -0.15) is 0 Å². The van der Waals surface area contributed by atoms with E-state index in [1.807, 2.05) is 31.2 Å². The first-order chi connectivity index (χ1) is 10.2. The standard InChI is InChI=1S/C14H13ClN4OS/c1-2-12-17-14(19-18-12)21-8-13-16-7-11(20-13)9-4-3-5-10(15)6-9/h3-7H,2,8H2,1H3,(H,17,18,19). The Labute approximate surface area is 131 Å². The summed E-state index contributed by atoms with van der Waals surface area (Å²) in [7, 11) is 0. The van der Waals surface area contributed by atoms with Gasteiger partial charge in [0.2, 0.25) is 11.0 Å². The lowest BCUT2D eigenvalue weighted by Crippen LogP contribution is -1.82. The third kappa shape index (κ3) is 3.46. The third-order valence-corrected chi connectivity index (χ3v) is 3.90. The van der Waals surface area contributed by atoms with Crippen LogP contribution in [0.3, 0.4) is 0 Å². The van der Waals surface area contributed by atoms with Crippen LogP contribution in [0.5, 0.6) is 0 Å². The Balaban J connectivity index is 1.67. The van der Waals surface area contributed by atoms with Crippen molar-refractivity contribution in [3.05, 3.63) is 47.2 Å². The molecule has 0 saturated heterocycles. The van der Waals surface area contributed by atoms with Crippen molar-refractivity contribution in [1.82, 2.24) is 20.2 Å². The second kappa shape index (κ2) is 6.32. The third-order valence-electron chi connectivity index (χ3n) is 2.83. The first kappa shape index (κ1) is 14.2. The maximum Gasteiger partial charge on any atom is 0.208 e. The van der Waals surface area contributed by atoms with Gasteiger partial charge in [0.25, 0.3) is 0 Å². The molecule has 0 aliphatic rings. The van der Waals surface area contributed by atoms with Gasteiger partial charge in [0.05, 0.1) is 11.9 Å². The van der Waals surface area contributed by atoms with Crippen LogP contribution in [0.1, 0.15) is 18.6 Å². The molecule has 0 aliphatic heterocycles. The largest absolute Gasteiger partial charge is 0.440 e. The molecule has 21 heavy (non-hydrogen) atoms. The molecule has 7 heteroatoms. The van der Waals surface area contributed by atoms with Crippen molar-refractivity contribution in [2.75, 3.05) is 0 Å². The van der Waals surface area contributed by atoms with Crippen LogP contribution in [0.25, 0.3) is 11.3 Å². The zero-order chi connectivity index (χ0) is 14.7. The molecule has 2 heterocycles. The molecule has 1 aromatic carbocycles. The molecule has 0 amide bonds. The smallest absolute Gasteiger partial charge is 0.208 e. The zero-order valence-electron chi connectivity index (χ0n) is 11.3. The first-order valence-corrected chi connectivity index (χ1v) is 7.85. The Morgan fingerprint density at radius 2 is 2.29 bits per heavy atom. The summed E-state index contributed by atoms with van der Waals surface area (Å²) in [6.45, 7) is 2.03. The fourth-order valence-corrected chi connectivity index (χ4v) is 2.64. The number of nitrogens with one attached hydrogen (secondary N) is 1. The van der Waals surface area contributed by atoms with E-state index in [9.17, 15) is 0 Å². The van der Waals surface area contributed by atoms with Crippen molar-refractivity contribution in [3.8, 4) is 11.3 Å². The van der Waals surface area contributed by atoms with E-state index in [1.54, 1.807) is 6.20 Å². The number of nitrogens with zero attached hydrogens (tertiary/aromatic N) is 3. The van der Waals surface area contributed by atoms with E-state index in [0.717, 1.165) is 17.8 Å². The molecule has 0 aliphatic carbocycles. The monoisotopic (exact) mass is 320 g/mol. The van der Waals surface area contributed by atoms with Gasteiger partial charge in [-0.15, -0.1) is 5.10 Å². The predicted octanol–water partition coefficient (Wildman–Crippen LogP) is 3.97. The Bertz CT molecular complexity index is 740. The van der Waals surface area contributed by atoms with Crippen LogP contribution in [0, 0.1) is 0 Å². The van der Waals surface area contributed by atoms with Gasteiger partial charge in [0.1, 0.15) is 5.82 Å². The summed E-state index contributed by atoms with van der Waals surface area (Å²) >= 11 is 7.46. The quantitative estimate of drug-likeness (QED) is 0.720. The maximum atomic E-state index is 5.97. The lowest BCUT2D eigenvalue weighted by Gasteiger charge is -1.96. The topological polar surface area (TPSA) is 67.6 Å². The molecule has 3 aromatic rings. The van der Waals surface area contributed by atoms with Crippen molar-refractivity contribution in [3.63, 3.8) is 0 Å². The van der Waals surface area contributed by atoms with Crippen LogP contribution in [-0.2, 0) is 12.2 Å². The molecule has 0 unspecified atom stereocenters. The molecule has 0 fully saturated rings. The van der Waals surface area contributed by atoms with E-state index in [2.05, 4.69) is 20.2 Å². The van der Waals surface area contributed by atoms with Crippen molar-refractivity contribution in [1.29, 1.82) is 0 Å². The van der Waals surface area contributed by atoms with Crippen molar-refractivity contribution in [2.45, 2.75) is 24.3 Å².